The van der Waals surface area contributed by atoms with Crippen LogP contribution in [0.4, 0.5) is 17.5 Å². The van der Waals surface area contributed by atoms with Gasteiger partial charge in [-0.05, 0) is 37.5 Å². The third-order valence-electron chi connectivity index (χ3n) is 4.77. The molecule has 4 aromatic rings. The van der Waals surface area contributed by atoms with E-state index < -0.39 is 0 Å². The maximum Gasteiger partial charge on any atom is 0.231 e. The third-order valence-corrected chi connectivity index (χ3v) is 4.77. The van der Waals surface area contributed by atoms with Crippen LogP contribution in [-0.4, -0.2) is 31.1 Å². The standard InChI is InChI=1S/C19H19N7O/c1-11-21-16(26-27-11)12-4-2-7-14(10-12)23-19-24-17-15(8-9-20-17)18(25-19)22-13-5-3-6-13/h2,4,7-10,13H,3,5-6H2,1H3,(H3,20,22,23,24,25). The number of hydrogen-bond donors (Lipinski definition) is 3. The normalized spacial score (nSPS) is 14.3. The third kappa shape index (κ3) is 3.10. The van der Waals surface area contributed by atoms with E-state index in [1.54, 1.807) is 6.92 Å². The summed E-state index contributed by atoms with van der Waals surface area (Å²) in [5.74, 6) is 2.49. The van der Waals surface area contributed by atoms with Gasteiger partial charge in [0.05, 0.1) is 5.39 Å². The van der Waals surface area contributed by atoms with Crippen molar-refractivity contribution < 1.29 is 4.52 Å². The fourth-order valence-electron chi connectivity index (χ4n) is 3.13. The fourth-order valence-corrected chi connectivity index (χ4v) is 3.13. The molecule has 0 unspecified atom stereocenters. The van der Waals surface area contributed by atoms with Gasteiger partial charge in [-0.25, -0.2) is 0 Å². The number of hydrogen-bond acceptors (Lipinski definition) is 7. The monoisotopic (exact) mass is 361 g/mol. The molecule has 1 saturated carbocycles. The van der Waals surface area contributed by atoms with E-state index >= 15 is 0 Å². The zero-order valence-corrected chi connectivity index (χ0v) is 14.9. The minimum Gasteiger partial charge on any atom is -0.367 e. The molecule has 3 heterocycles. The van der Waals surface area contributed by atoms with Gasteiger partial charge in [0.15, 0.2) is 0 Å². The second-order valence-electron chi connectivity index (χ2n) is 6.75. The van der Waals surface area contributed by atoms with Gasteiger partial charge in [0.1, 0.15) is 11.5 Å². The van der Waals surface area contributed by atoms with Crippen molar-refractivity contribution in [2.75, 3.05) is 10.6 Å². The maximum atomic E-state index is 5.07. The van der Waals surface area contributed by atoms with E-state index in [2.05, 4.69) is 30.7 Å². The molecule has 0 radical (unpaired) electrons. The molecule has 1 aliphatic carbocycles. The molecule has 0 amide bonds. The lowest BCUT2D eigenvalue weighted by atomic mass is 9.93. The van der Waals surface area contributed by atoms with Gasteiger partial charge in [-0.15, -0.1) is 0 Å². The minimum absolute atomic E-state index is 0.496. The van der Waals surface area contributed by atoms with Crippen molar-refractivity contribution >= 4 is 28.5 Å². The summed E-state index contributed by atoms with van der Waals surface area (Å²) in [6.07, 6.45) is 5.52. The molecule has 0 saturated heterocycles. The molecule has 3 aromatic heterocycles. The summed E-state index contributed by atoms with van der Waals surface area (Å²) in [7, 11) is 0. The van der Waals surface area contributed by atoms with Crippen LogP contribution in [0.25, 0.3) is 22.4 Å². The first kappa shape index (κ1) is 15.8. The highest BCUT2D eigenvalue weighted by atomic mass is 16.5. The zero-order chi connectivity index (χ0) is 18.2. The molecule has 8 nitrogen and oxygen atoms in total. The van der Waals surface area contributed by atoms with E-state index in [1.165, 1.54) is 19.3 Å². The van der Waals surface area contributed by atoms with Crippen LogP contribution >= 0.6 is 0 Å². The number of H-pyrrole nitrogens is 1. The first-order valence-electron chi connectivity index (χ1n) is 9.04. The number of aromatic nitrogens is 5. The Bertz CT molecular complexity index is 1100. The minimum atomic E-state index is 0.496. The van der Waals surface area contributed by atoms with Crippen molar-refractivity contribution in [3.8, 4) is 11.4 Å². The molecule has 8 heteroatoms. The second kappa shape index (κ2) is 6.39. The van der Waals surface area contributed by atoms with Crippen LogP contribution in [0, 0.1) is 6.92 Å². The SMILES string of the molecule is Cc1nc(-c2cccc(Nc3nc(NC4CCC4)c4cc[nH]c4n3)c2)no1. The highest BCUT2D eigenvalue weighted by Crippen LogP contribution is 2.28. The van der Waals surface area contributed by atoms with Crippen LogP contribution in [0.15, 0.2) is 41.1 Å². The molecule has 1 aromatic carbocycles. The van der Waals surface area contributed by atoms with Crippen molar-refractivity contribution in [2.24, 2.45) is 0 Å². The molecule has 5 rings (SSSR count). The van der Waals surface area contributed by atoms with E-state index in [0.717, 1.165) is 28.1 Å². The second-order valence-corrected chi connectivity index (χ2v) is 6.75. The van der Waals surface area contributed by atoms with Gasteiger partial charge >= 0.3 is 0 Å². The Morgan fingerprint density at radius 1 is 1.15 bits per heavy atom. The van der Waals surface area contributed by atoms with Crippen molar-refractivity contribution in [1.82, 2.24) is 25.1 Å². The van der Waals surface area contributed by atoms with E-state index in [4.69, 9.17) is 9.51 Å². The lowest BCUT2D eigenvalue weighted by Gasteiger charge is -2.27. The molecule has 0 spiro atoms. The van der Waals surface area contributed by atoms with Gasteiger partial charge in [0, 0.05) is 30.4 Å². The molecular weight excluding hydrogens is 342 g/mol. The first-order valence-corrected chi connectivity index (χ1v) is 9.04. The molecule has 0 bridgehead atoms. The highest BCUT2D eigenvalue weighted by Gasteiger charge is 2.19. The van der Waals surface area contributed by atoms with Gasteiger partial charge < -0.3 is 20.1 Å². The Morgan fingerprint density at radius 3 is 2.85 bits per heavy atom. The predicted molar refractivity (Wildman–Crippen MR) is 103 cm³/mol. The molecule has 27 heavy (non-hydrogen) atoms. The van der Waals surface area contributed by atoms with Gasteiger partial charge in [-0.1, -0.05) is 17.3 Å². The summed E-state index contributed by atoms with van der Waals surface area (Å²) in [5, 5.41) is 11.8. The molecular formula is C19H19N7O. The van der Waals surface area contributed by atoms with Gasteiger partial charge in [-0.3, -0.25) is 0 Å². The average molecular weight is 361 g/mol. The number of nitrogens with one attached hydrogen (secondary N) is 3. The first-order chi connectivity index (χ1) is 13.2. The van der Waals surface area contributed by atoms with Crippen LogP contribution in [0.3, 0.4) is 0 Å². The number of anilines is 3. The lowest BCUT2D eigenvalue weighted by Crippen LogP contribution is -2.27. The maximum absolute atomic E-state index is 5.07. The number of benzene rings is 1. The highest BCUT2D eigenvalue weighted by molar-refractivity contribution is 5.88. The summed E-state index contributed by atoms with van der Waals surface area (Å²) in [6, 6.07) is 10.3. The molecule has 3 N–H and O–H groups in total. The van der Waals surface area contributed by atoms with Crippen LogP contribution in [0.5, 0.6) is 0 Å². The van der Waals surface area contributed by atoms with Gasteiger partial charge in [0.2, 0.25) is 17.7 Å². The van der Waals surface area contributed by atoms with Crippen molar-refractivity contribution in [2.45, 2.75) is 32.2 Å². The Kier molecular flexibility index (Phi) is 3.74. The molecule has 1 aliphatic rings. The predicted octanol–water partition coefficient (Wildman–Crippen LogP) is 4.02. The number of nitrogens with zero attached hydrogens (tertiary/aromatic N) is 4. The van der Waals surface area contributed by atoms with Crippen LogP contribution in [0.1, 0.15) is 25.2 Å². The number of fused-ring (bicyclic) bond motifs is 1. The quantitative estimate of drug-likeness (QED) is 0.493. The molecule has 0 aliphatic heterocycles. The average Bonchev–Trinajstić information content (AvgIpc) is 3.27. The summed E-state index contributed by atoms with van der Waals surface area (Å²) in [4.78, 5) is 16.7. The van der Waals surface area contributed by atoms with E-state index in [0.29, 0.717) is 23.7 Å². The Labute approximate surface area is 155 Å². The number of aromatic amines is 1. The van der Waals surface area contributed by atoms with E-state index in [-0.39, 0.29) is 0 Å². The van der Waals surface area contributed by atoms with E-state index in [9.17, 15) is 0 Å². The Morgan fingerprint density at radius 2 is 2.07 bits per heavy atom. The van der Waals surface area contributed by atoms with E-state index in [1.807, 2.05) is 36.5 Å². The van der Waals surface area contributed by atoms with Crippen molar-refractivity contribution in [3.05, 3.63) is 42.4 Å². The van der Waals surface area contributed by atoms with Crippen LogP contribution < -0.4 is 10.6 Å². The van der Waals surface area contributed by atoms with Gasteiger partial charge in [0.25, 0.3) is 0 Å². The fraction of sp³-hybridized carbons (Fsp3) is 0.263. The largest absolute Gasteiger partial charge is 0.367 e. The zero-order valence-electron chi connectivity index (χ0n) is 14.9. The van der Waals surface area contributed by atoms with Crippen molar-refractivity contribution in [1.29, 1.82) is 0 Å². The lowest BCUT2D eigenvalue weighted by molar-refractivity contribution is 0.394. The number of rotatable bonds is 5. The summed E-state index contributed by atoms with van der Waals surface area (Å²) < 4.78 is 5.07. The molecule has 136 valence electrons. The summed E-state index contributed by atoms with van der Waals surface area (Å²) in [6.45, 7) is 1.77. The molecule has 1 fully saturated rings. The summed E-state index contributed by atoms with van der Waals surface area (Å²) >= 11 is 0. The Balaban J connectivity index is 1.45. The molecule has 0 atom stereocenters. The van der Waals surface area contributed by atoms with Gasteiger partial charge in [-0.2, -0.15) is 15.0 Å². The van der Waals surface area contributed by atoms with Crippen LogP contribution in [0.2, 0.25) is 0 Å². The number of aryl methyl sites for hydroxylation is 1. The smallest absolute Gasteiger partial charge is 0.231 e. The van der Waals surface area contributed by atoms with Crippen LogP contribution in [-0.2, 0) is 0 Å². The summed E-state index contributed by atoms with van der Waals surface area (Å²) in [5.41, 5.74) is 2.53. The van der Waals surface area contributed by atoms with Crippen molar-refractivity contribution in [3.63, 3.8) is 0 Å². The Hall–Kier alpha value is -3.42. The topological polar surface area (TPSA) is 105 Å².